The summed E-state index contributed by atoms with van der Waals surface area (Å²) in [6, 6.07) is 13.4. The third-order valence-electron chi connectivity index (χ3n) is 5.18. The molecule has 2 aromatic heterocycles. The zero-order valence-corrected chi connectivity index (χ0v) is 17.5. The number of aromatic nitrogens is 3. The maximum Gasteiger partial charge on any atom is 0.337 e. The monoisotopic (exact) mass is 446 g/mol. The van der Waals surface area contributed by atoms with Gasteiger partial charge in [0.05, 0.1) is 18.4 Å². The highest BCUT2D eigenvalue weighted by Gasteiger charge is 2.16. The fraction of sp³-hybridized carbons (Fsp3) is 0.130. The fourth-order valence-electron chi connectivity index (χ4n) is 3.51. The standard InChI is InChI=1S/C23H18N4O6/c1-31-23(30)14-2-5-16(6-3-14)24-21(28)12-26-8-9-27-18(22(26)29)11-17(25-27)15-4-7-19-20(10-15)33-13-32-19/h2-11H,12-13H2,1H3,(H,24,28). The van der Waals surface area contributed by atoms with Gasteiger partial charge in [-0.05, 0) is 48.5 Å². The van der Waals surface area contributed by atoms with Crippen LogP contribution in [0.25, 0.3) is 16.8 Å². The van der Waals surface area contributed by atoms with Gasteiger partial charge in [-0.25, -0.2) is 9.31 Å². The SMILES string of the molecule is COC(=O)c1ccc(NC(=O)Cn2ccn3nc(-c4ccc5c(c4)OCO5)cc3c2=O)cc1. The molecule has 0 saturated heterocycles. The lowest BCUT2D eigenvalue weighted by atomic mass is 10.1. The van der Waals surface area contributed by atoms with E-state index >= 15 is 0 Å². The number of amides is 1. The van der Waals surface area contributed by atoms with Gasteiger partial charge in [-0.1, -0.05) is 0 Å². The van der Waals surface area contributed by atoms with E-state index in [1.165, 1.54) is 22.4 Å². The van der Waals surface area contributed by atoms with Crippen molar-refractivity contribution < 1.29 is 23.8 Å². The van der Waals surface area contributed by atoms with Gasteiger partial charge in [0.1, 0.15) is 12.1 Å². The van der Waals surface area contributed by atoms with Crippen LogP contribution in [0.15, 0.2) is 65.7 Å². The molecule has 10 nitrogen and oxygen atoms in total. The molecule has 0 bridgehead atoms. The maximum atomic E-state index is 12.9. The Morgan fingerprint density at radius 2 is 1.85 bits per heavy atom. The molecule has 5 rings (SSSR count). The second kappa shape index (κ2) is 8.15. The Morgan fingerprint density at radius 3 is 2.64 bits per heavy atom. The number of nitrogens with zero attached hydrogens (tertiary/aromatic N) is 3. The molecule has 0 fully saturated rings. The van der Waals surface area contributed by atoms with E-state index in [0.29, 0.717) is 34.0 Å². The van der Waals surface area contributed by atoms with Crippen molar-refractivity contribution in [2.45, 2.75) is 6.54 Å². The highest BCUT2D eigenvalue weighted by molar-refractivity contribution is 5.93. The lowest BCUT2D eigenvalue weighted by Gasteiger charge is -2.08. The van der Waals surface area contributed by atoms with Gasteiger partial charge in [-0.3, -0.25) is 9.59 Å². The van der Waals surface area contributed by atoms with Gasteiger partial charge in [-0.2, -0.15) is 5.10 Å². The lowest BCUT2D eigenvalue weighted by Crippen LogP contribution is -2.28. The average molecular weight is 446 g/mol. The summed E-state index contributed by atoms with van der Waals surface area (Å²) in [6.45, 7) is -0.00915. The number of rotatable bonds is 5. The number of carbonyl (C=O) groups excluding carboxylic acids is 2. The number of ether oxygens (including phenoxy) is 3. The Labute approximate surface area is 186 Å². The number of anilines is 1. The molecule has 3 heterocycles. The largest absolute Gasteiger partial charge is 0.465 e. The Bertz CT molecular complexity index is 1440. The minimum absolute atomic E-state index is 0.173. The number of nitrogens with one attached hydrogen (secondary N) is 1. The molecule has 33 heavy (non-hydrogen) atoms. The summed E-state index contributed by atoms with van der Waals surface area (Å²) in [7, 11) is 1.30. The molecule has 0 aliphatic carbocycles. The van der Waals surface area contributed by atoms with Crippen molar-refractivity contribution in [3.8, 4) is 22.8 Å². The second-order valence-electron chi connectivity index (χ2n) is 7.28. The first-order chi connectivity index (χ1) is 16.0. The Hall–Kier alpha value is -4.60. The second-order valence-corrected chi connectivity index (χ2v) is 7.28. The van der Waals surface area contributed by atoms with Crippen LogP contribution in [-0.2, 0) is 16.1 Å². The lowest BCUT2D eigenvalue weighted by molar-refractivity contribution is -0.116. The first-order valence-electron chi connectivity index (χ1n) is 9.99. The summed E-state index contributed by atoms with van der Waals surface area (Å²) in [6.07, 6.45) is 3.12. The summed E-state index contributed by atoms with van der Waals surface area (Å²) >= 11 is 0. The predicted octanol–water partition coefficient (Wildman–Crippen LogP) is 2.32. The van der Waals surface area contributed by atoms with Crippen LogP contribution in [0.4, 0.5) is 5.69 Å². The Morgan fingerprint density at radius 1 is 1.06 bits per heavy atom. The van der Waals surface area contributed by atoms with Crippen molar-refractivity contribution in [2.24, 2.45) is 0 Å². The molecule has 0 spiro atoms. The van der Waals surface area contributed by atoms with Gasteiger partial charge in [0, 0.05) is 23.6 Å². The number of hydrogen-bond donors (Lipinski definition) is 1. The van der Waals surface area contributed by atoms with E-state index in [4.69, 9.17) is 9.47 Å². The summed E-state index contributed by atoms with van der Waals surface area (Å²) in [5, 5.41) is 7.16. The number of hydrogen-bond acceptors (Lipinski definition) is 7. The number of carbonyl (C=O) groups is 2. The maximum absolute atomic E-state index is 12.9. The zero-order valence-electron chi connectivity index (χ0n) is 17.5. The van der Waals surface area contributed by atoms with Crippen LogP contribution in [0.3, 0.4) is 0 Å². The molecule has 1 aliphatic rings. The Balaban J connectivity index is 1.34. The van der Waals surface area contributed by atoms with Gasteiger partial charge >= 0.3 is 5.97 Å². The van der Waals surface area contributed by atoms with E-state index in [2.05, 4.69) is 15.2 Å². The molecular formula is C23H18N4O6. The molecular weight excluding hydrogens is 428 g/mol. The molecule has 0 unspecified atom stereocenters. The van der Waals surface area contributed by atoms with E-state index in [0.717, 1.165) is 5.56 Å². The van der Waals surface area contributed by atoms with Crippen LogP contribution >= 0.6 is 0 Å². The number of fused-ring (bicyclic) bond motifs is 2. The zero-order chi connectivity index (χ0) is 22.9. The van der Waals surface area contributed by atoms with Gasteiger partial charge in [0.15, 0.2) is 11.5 Å². The fourth-order valence-corrected chi connectivity index (χ4v) is 3.51. The highest BCUT2D eigenvalue weighted by Crippen LogP contribution is 2.35. The summed E-state index contributed by atoms with van der Waals surface area (Å²) < 4.78 is 18.2. The van der Waals surface area contributed by atoms with E-state index in [1.54, 1.807) is 42.6 Å². The third kappa shape index (κ3) is 3.89. The van der Waals surface area contributed by atoms with Crippen molar-refractivity contribution in [2.75, 3.05) is 19.2 Å². The van der Waals surface area contributed by atoms with E-state index in [1.807, 2.05) is 12.1 Å². The number of benzene rings is 2. The van der Waals surface area contributed by atoms with Crippen molar-refractivity contribution >= 4 is 23.1 Å². The molecule has 1 amide bonds. The van der Waals surface area contributed by atoms with Crippen molar-refractivity contribution in [1.29, 1.82) is 0 Å². The van der Waals surface area contributed by atoms with E-state index in [9.17, 15) is 14.4 Å². The minimum Gasteiger partial charge on any atom is -0.465 e. The highest BCUT2D eigenvalue weighted by atomic mass is 16.7. The Kier molecular flexibility index (Phi) is 5.02. The van der Waals surface area contributed by atoms with Gasteiger partial charge < -0.3 is 24.1 Å². The molecule has 0 atom stereocenters. The van der Waals surface area contributed by atoms with E-state index < -0.39 is 5.97 Å². The summed E-state index contributed by atoms with van der Waals surface area (Å²) in [4.78, 5) is 36.9. The topological polar surface area (TPSA) is 113 Å². The average Bonchev–Trinajstić information content (AvgIpc) is 3.48. The van der Waals surface area contributed by atoms with Gasteiger partial charge in [0.2, 0.25) is 12.7 Å². The molecule has 166 valence electrons. The smallest absolute Gasteiger partial charge is 0.337 e. The predicted molar refractivity (Wildman–Crippen MR) is 117 cm³/mol. The molecule has 0 saturated carbocycles. The van der Waals surface area contributed by atoms with Crippen molar-refractivity contribution in [1.82, 2.24) is 14.2 Å². The quantitative estimate of drug-likeness (QED) is 0.468. The minimum atomic E-state index is -0.464. The third-order valence-corrected chi connectivity index (χ3v) is 5.18. The normalized spacial score (nSPS) is 12.0. The van der Waals surface area contributed by atoms with Crippen LogP contribution in [0.5, 0.6) is 11.5 Å². The molecule has 1 N–H and O–H groups in total. The molecule has 0 radical (unpaired) electrons. The summed E-state index contributed by atoms with van der Waals surface area (Å²) in [5.41, 5.74) is 2.22. The first kappa shape index (κ1) is 20.3. The van der Waals surface area contributed by atoms with Crippen LogP contribution in [0.2, 0.25) is 0 Å². The van der Waals surface area contributed by atoms with Crippen molar-refractivity contribution in [3.05, 3.63) is 76.8 Å². The molecule has 4 aromatic rings. The van der Waals surface area contributed by atoms with Gasteiger partial charge in [0.25, 0.3) is 5.56 Å². The van der Waals surface area contributed by atoms with E-state index in [-0.39, 0.29) is 24.8 Å². The molecule has 2 aromatic carbocycles. The van der Waals surface area contributed by atoms with Crippen LogP contribution in [0.1, 0.15) is 10.4 Å². The van der Waals surface area contributed by atoms with Crippen LogP contribution < -0.4 is 20.3 Å². The molecule has 10 heteroatoms. The van der Waals surface area contributed by atoms with Crippen LogP contribution in [0, 0.1) is 0 Å². The first-order valence-corrected chi connectivity index (χ1v) is 9.99. The number of esters is 1. The molecule has 1 aliphatic heterocycles. The van der Waals surface area contributed by atoms with Crippen molar-refractivity contribution in [3.63, 3.8) is 0 Å². The van der Waals surface area contributed by atoms with Gasteiger partial charge in [-0.15, -0.1) is 0 Å². The van der Waals surface area contributed by atoms with Crippen LogP contribution in [-0.4, -0.2) is 40.0 Å². The number of methoxy groups -OCH3 is 1. The summed E-state index contributed by atoms with van der Waals surface area (Å²) in [5.74, 6) is 0.436.